The number of piperidine rings is 1. The summed E-state index contributed by atoms with van der Waals surface area (Å²) in [6.45, 7) is 1.19. The van der Waals surface area contributed by atoms with E-state index in [0.717, 1.165) is 5.56 Å². The lowest BCUT2D eigenvalue weighted by Crippen LogP contribution is -2.44. The lowest BCUT2D eigenvalue weighted by molar-refractivity contribution is -0.384. The number of nitro benzene ring substituents is 1. The molecule has 2 heterocycles. The molecule has 1 aliphatic rings. The second-order valence-electron chi connectivity index (χ2n) is 6.78. The Bertz CT molecular complexity index is 866. The fourth-order valence-electron chi connectivity index (χ4n) is 3.15. The third-order valence-corrected chi connectivity index (χ3v) is 4.80. The second kappa shape index (κ2) is 9.63. The monoisotopic (exact) mass is 398 g/mol. The first-order chi connectivity index (χ1) is 14.0. The van der Waals surface area contributed by atoms with Gasteiger partial charge in [-0.2, -0.15) is 0 Å². The van der Waals surface area contributed by atoms with Crippen LogP contribution in [0.2, 0.25) is 0 Å². The van der Waals surface area contributed by atoms with Crippen LogP contribution < -0.4 is 10.1 Å². The fraction of sp³-hybridized carbons (Fsp3) is 0.350. The number of benzene rings is 1. The van der Waals surface area contributed by atoms with E-state index >= 15 is 0 Å². The van der Waals surface area contributed by atoms with Crippen molar-refractivity contribution in [1.82, 2.24) is 15.2 Å². The first kappa shape index (κ1) is 20.2. The fourth-order valence-corrected chi connectivity index (χ4v) is 3.15. The van der Waals surface area contributed by atoms with Gasteiger partial charge in [0.05, 0.1) is 11.0 Å². The molecule has 0 aliphatic carbocycles. The van der Waals surface area contributed by atoms with Gasteiger partial charge < -0.3 is 15.0 Å². The third-order valence-electron chi connectivity index (χ3n) is 4.80. The van der Waals surface area contributed by atoms with Crippen LogP contribution in [0.5, 0.6) is 5.75 Å². The molecule has 152 valence electrons. The van der Waals surface area contributed by atoms with Crippen LogP contribution in [-0.4, -0.2) is 46.3 Å². The molecule has 2 amide bonds. The summed E-state index contributed by atoms with van der Waals surface area (Å²) in [5, 5.41) is 13.7. The SMILES string of the molecule is O=C(NCc1cccnc1)C1CCN(C(=O)COc2cccc([N+](=O)[O-])c2)CC1. The molecule has 1 aromatic heterocycles. The number of carbonyl (C=O) groups excluding carboxylic acids is 2. The van der Waals surface area contributed by atoms with E-state index in [0.29, 0.717) is 32.5 Å². The Morgan fingerprint density at radius 3 is 2.72 bits per heavy atom. The van der Waals surface area contributed by atoms with Crippen LogP contribution in [-0.2, 0) is 16.1 Å². The predicted molar refractivity (Wildman–Crippen MR) is 104 cm³/mol. The standard InChI is InChI=1S/C20H22N4O5/c25-19(14-29-18-5-1-4-17(11-18)24(27)28)23-9-6-16(7-10-23)20(26)22-13-15-3-2-8-21-12-15/h1-5,8,11-12,16H,6-7,9-10,13-14H2,(H,22,26). The molecule has 3 rings (SSSR count). The topological polar surface area (TPSA) is 115 Å². The quantitative estimate of drug-likeness (QED) is 0.563. The summed E-state index contributed by atoms with van der Waals surface area (Å²) in [5.41, 5.74) is 0.847. The molecule has 9 nitrogen and oxygen atoms in total. The van der Waals surface area contributed by atoms with Crippen LogP contribution in [0.4, 0.5) is 5.69 Å². The van der Waals surface area contributed by atoms with Crippen LogP contribution in [0.15, 0.2) is 48.8 Å². The molecular weight excluding hydrogens is 376 g/mol. The molecular formula is C20H22N4O5. The van der Waals surface area contributed by atoms with E-state index in [-0.39, 0.29) is 35.8 Å². The summed E-state index contributed by atoms with van der Waals surface area (Å²) in [6, 6.07) is 9.44. The molecule has 0 spiro atoms. The summed E-state index contributed by atoms with van der Waals surface area (Å²) in [4.78, 5) is 40.6. The highest BCUT2D eigenvalue weighted by Crippen LogP contribution is 2.20. The predicted octanol–water partition coefficient (Wildman–Crippen LogP) is 1.92. The Balaban J connectivity index is 1.41. The zero-order valence-corrected chi connectivity index (χ0v) is 15.8. The lowest BCUT2D eigenvalue weighted by atomic mass is 9.96. The number of carbonyl (C=O) groups is 2. The number of hydrogen-bond donors (Lipinski definition) is 1. The molecule has 29 heavy (non-hydrogen) atoms. The molecule has 0 bridgehead atoms. The minimum Gasteiger partial charge on any atom is -0.484 e. The maximum absolute atomic E-state index is 12.3. The average Bonchev–Trinajstić information content (AvgIpc) is 2.77. The highest BCUT2D eigenvalue weighted by Gasteiger charge is 2.27. The second-order valence-corrected chi connectivity index (χ2v) is 6.78. The van der Waals surface area contributed by atoms with E-state index in [9.17, 15) is 19.7 Å². The van der Waals surface area contributed by atoms with Crippen molar-refractivity contribution in [1.29, 1.82) is 0 Å². The summed E-state index contributed by atoms with van der Waals surface area (Å²) in [5.74, 6) is -0.0786. The number of rotatable bonds is 7. The molecule has 0 unspecified atom stereocenters. The zero-order valence-electron chi connectivity index (χ0n) is 15.8. The summed E-state index contributed by atoms with van der Waals surface area (Å²) < 4.78 is 5.39. The zero-order chi connectivity index (χ0) is 20.6. The first-order valence-corrected chi connectivity index (χ1v) is 9.34. The van der Waals surface area contributed by atoms with Crippen molar-refractivity contribution in [2.75, 3.05) is 19.7 Å². The lowest BCUT2D eigenvalue weighted by Gasteiger charge is -2.31. The molecule has 0 radical (unpaired) electrons. The van der Waals surface area contributed by atoms with Crippen molar-refractivity contribution in [2.24, 2.45) is 5.92 Å². The van der Waals surface area contributed by atoms with Crippen molar-refractivity contribution >= 4 is 17.5 Å². The number of pyridine rings is 1. The van der Waals surface area contributed by atoms with Gasteiger partial charge >= 0.3 is 0 Å². The summed E-state index contributed by atoms with van der Waals surface area (Å²) in [7, 11) is 0. The molecule has 1 aromatic carbocycles. The van der Waals surface area contributed by atoms with Crippen LogP contribution in [0.3, 0.4) is 0 Å². The number of non-ortho nitro benzene ring substituents is 1. The molecule has 2 aromatic rings. The molecule has 1 saturated heterocycles. The van der Waals surface area contributed by atoms with Gasteiger partial charge in [0.2, 0.25) is 5.91 Å². The van der Waals surface area contributed by atoms with Crippen LogP contribution in [0, 0.1) is 16.0 Å². The van der Waals surface area contributed by atoms with Gasteiger partial charge in [0.15, 0.2) is 6.61 Å². The number of likely N-dealkylation sites (tertiary alicyclic amines) is 1. The van der Waals surface area contributed by atoms with Crippen molar-refractivity contribution in [3.8, 4) is 5.75 Å². The number of hydrogen-bond acceptors (Lipinski definition) is 6. The Kier molecular flexibility index (Phi) is 6.72. The van der Waals surface area contributed by atoms with E-state index in [1.807, 2.05) is 12.1 Å². The number of ether oxygens (including phenoxy) is 1. The number of nitrogens with zero attached hydrogens (tertiary/aromatic N) is 3. The van der Waals surface area contributed by atoms with Crippen LogP contribution in [0.25, 0.3) is 0 Å². The molecule has 9 heteroatoms. The van der Waals surface area contributed by atoms with Crippen molar-refractivity contribution in [3.63, 3.8) is 0 Å². The number of nitro groups is 1. The highest BCUT2D eigenvalue weighted by molar-refractivity contribution is 5.80. The highest BCUT2D eigenvalue weighted by atomic mass is 16.6. The summed E-state index contributed by atoms with van der Waals surface area (Å²) >= 11 is 0. The normalized spacial score (nSPS) is 14.3. The van der Waals surface area contributed by atoms with E-state index in [4.69, 9.17) is 4.74 Å². The molecule has 1 aliphatic heterocycles. The number of amides is 2. The van der Waals surface area contributed by atoms with Gasteiger partial charge in [-0.05, 0) is 30.5 Å². The van der Waals surface area contributed by atoms with Gasteiger partial charge in [0.1, 0.15) is 5.75 Å². The van der Waals surface area contributed by atoms with Crippen LogP contribution >= 0.6 is 0 Å². The van der Waals surface area contributed by atoms with Crippen molar-refractivity contribution in [3.05, 3.63) is 64.5 Å². The van der Waals surface area contributed by atoms with Crippen molar-refractivity contribution < 1.29 is 19.2 Å². The van der Waals surface area contributed by atoms with Crippen LogP contribution in [0.1, 0.15) is 18.4 Å². The van der Waals surface area contributed by atoms with E-state index < -0.39 is 4.92 Å². The van der Waals surface area contributed by atoms with Gasteiger partial charge in [-0.3, -0.25) is 24.7 Å². The van der Waals surface area contributed by atoms with E-state index in [1.165, 1.54) is 18.2 Å². The Hall–Kier alpha value is -3.49. The molecule has 0 atom stereocenters. The van der Waals surface area contributed by atoms with Gasteiger partial charge in [-0.15, -0.1) is 0 Å². The molecule has 1 N–H and O–H groups in total. The largest absolute Gasteiger partial charge is 0.484 e. The van der Waals surface area contributed by atoms with Crippen molar-refractivity contribution in [2.45, 2.75) is 19.4 Å². The third kappa shape index (κ3) is 5.74. The number of aromatic nitrogens is 1. The maximum Gasteiger partial charge on any atom is 0.273 e. The van der Waals surface area contributed by atoms with Gasteiger partial charge in [0, 0.05) is 44.0 Å². The Morgan fingerprint density at radius 1 is 1.24 bits per heavy atom. The Labute approximate surface area is 167 Å². The smallest absolute Gasteiger partial charge is 0.273 e. The minimum absolute atomic E-state index is 0.0196. The van der Waals surface area contributed by atoms with Gasteiger partial charge in [0.25, 0.3) is 11.6 Å². The maximum atomic E-state index is 12.3. The summed E-state index contributed by atoms with van der Waals surface area (Å²) in [6.07, 6.45) is 4.56. The molecule has 1 fully saturated rings. The van der Waals surface area contributed by atoms with E-state index in [2.05, 4.69) is 10.3 Å². The minimum atomic E-state index is -0.515. The molecule has 0 saturated carbocycles. The van der Waals surface area contributed by atoms with Gasteiger partial charge in [-0.25, -0.2) is 0 Å². The average molecular weight is 398 g/mol. The van der Waals surface area contributed by atoms with E-state index in [1.54, 1.807) is 23.4 Å². The van der Waals surface area contributed by atoms with Gasteiger partial charge in [-0.1, -0.05) is 12.1 Å². The first-order valence-electron chi connectivity index (χ1n) is 9.34. The number of nitrogens with one attached hydrogen (secondary N) is 1. The Morgan fingerprint density at radius 2 is 2.03 bits per heavy atom.